The maximum Gasteiger partial charge on any atom is 0.140 e. The molecule has 0 aliphatic heterocycles. The van der Waals surface area contributed by atoms with Crippen molar-refractivity contribution in [2.75, 3.05) is 0 Å². The number of rotatable bonds is 0. The molecule has 0 spiro atoms. The fourth-order valence-corrected chi connectivity index (χ4v) is 2.93. The van der Waals surface area contributed by atoms with Gasteiger partial charge in [-0.1, -0.05) is 11.6 Å². The third-order valence-corrected chi connectivity index (χ3v) is 3.59. The number of fused-ring (bicyclic) bond motifs is 3. The Kier molecular flexibility index (Phi) is 2.34. The van der Waals surface area contributed by atoms with Gasteiger partial charge < -0.3 is 0 Å². The summed E-state index contributed by atoms with van der Waals surface area (Å²) < 4.78 is 2.75. The summed E-state index contributed by atoms with van der Waals surface area (Å²) in [4.78, 5) is 8.61. The number of benzene rings is 1. The summed E-state index contributed by atoms with van der Waals surface area (Å²) in [7, 11) is 1.90. The number of nitrogens with zero attached hydrogens (tertiary/aromatic N) is 4. The van der Waals surface area contributed by atoms with E-state index >= 15 is 0 Å². The molecule has 0 N–H and O–H groups in total. The van der Waals surface area contributed by atoms with Crippen LogP contribution in [-0.2, 0) is 7.05 Å². The zero-order valence-corrected chi connectivity index (χ0v) is 11.5. The maximum atomic E-state index is 6.14. The van der Waals surface area contributed by atoms with Gasteiger partial charge in [0.25, 0.3) is 0 Å². The third kappa shape index (κ3) is 1.53. The van der Waals surface area contributed by atoms with Crippen LogP contribution >= 0.6 is 27.5 Å². The van der Waals surface area contributed by atoms with E-state index in [2.05, 4.69) is 31.0 Å². The van der Waals surface area contributed by atoms with Gasteiger partial charge in [-0.15, -0.1) is 0 Å². The molecule has 4 nitrogen and oxygen atoms in total. The van der Waals surface area contributed by atoms with Crippen LogP contribution in [-0.4, -0.2) is 19.7 Å². The van der Waals surface area contributed by atoms with Crippen LogP contribution in [0.15, 0.2) is 16.7 Å². The molecule has 0 aliphatic rings. The Morgan fingerprint density at radius 2 is 2.06 bits per heavy atom. The molecule has 2 heterocycles. The van der Waals surface area contributed by atoms with E-state index in [-0.39, 0.29) is 0 Å². The second kappa shape index (κ2) is 3.65. The number of aromatic nitrogens is 4. The molecule has 17 heavy (non-hydrogen) atoms. The number of aryl methyl sites for hydroxylation is 2. The van der Waals surface area contributed by atoms with Crippen LogP contribution in [0, 0.1) is 6.92 Å². The van der Waals surface area contributed by atoms with Crippen LogP contribution in [0.3, 0.4) is 0 Å². The van der Waals surface area contributed by atoms with Gasteiger partial charge in [0.15, 0.2) is 0 Å². The van der Waals surface area contributed by atoms with Gasteiger partial charge in [-0.25, -0.2) is 9.97 Å². The minimum Gasteiger partial charge on any atom is -0.267 e. The van der Waals surface area contributed by atoms with Crippen molar-refractivity contribution in [3.63, 3.8) is 0 Å². The largest absolute Gasteiger partial charge is 0.267 e. The van der Waals surface area contributed by atoms with Crippen molar-refractivity contribution < 1.29 is 0 Å². The molecule has 0 atom stereocenters. The molecule has 0 saturated carbocycles. The fourth-order valence-electron chi connectivity index (χ4n) is 1.97. The summed E-state index contributed by atoms with van der Waals surface area (Å²) >= 11 is 9.67. The Morgan fingerprint density at radius 3 is 2.82 bits per heavy atom. The van der Waals surface area contributed by atoms with Crippen molar-refractivity contribution in [1.82, 2.24) is 19.7 Å². The minimum atomic E-state index is 0.471. The van der Waals surface area contributed by atoms with Crippen molar-refractivity contribution in [2.45, 2.75) is 6.92 Å². The van der Waals surface area contributed by atoms with E-state index in [9.17, 15) is 0 Å². The van der Waals surface area contributed by atoms with Crippen LogP contribution in [0.2, 0.25) is 5.15 Å². The van der Waals surface area contributed by atoms with Crippen molar-refractivity contribution in [1.29, 1.82) is 0 Å². The Bertz CT molecular complexity index is 750. The van der Waals surface area contributed by atoms with E-state index in [0.29, 0.717) is 11.0 Å². The zero-order valence-electron chi connectivity index (χ0n) is 9.20. The first-order valence-electron chi connectivity index (χ1n) is 5.02. The second-order valence-electron chi connectivity index (χ2n) is 3.85. The molecular formula is C11H8BrClN4. The first-order valence-corrected chi connectivity index (χ1v) is 6.19. The Labute approximate surface area is 111 Å². The summed E-state index contributed by atoms with van der Waals surface area (Å²) in [6, 6.07) is 1.93. The average Bonchev–Trinajstić information content (AvgIpc) is 2.64. The van der Waals surface area contributed by atoms with E-state index in [4.69, 9.17) is 11.6 Å². The van der Waals surface area contributed by atoms with Gasteiger partial charge >= 0.3 is 0 Å². The minimum absolute atomic E-state index is 0.471. The third-order valence-electron chi connectivity index (χ3n) is 2.70. The predicted molar refractivity (Wildman–Crippen MR) is 71.3 cm³/mol. The Morgan fingerprint density at radius 1 is 1.29 bits per heavy atom. The van der Waals surface area contributed by atoms with Gasteiger partial charge in [0.1, 0.15) is 11.0 Å². The van der Waals surface area contributed by atoms with Gasteiger partial charge in [-0.2, -0.15) is 5.10 Å². The standard InChI is InChI=1S/C11H8BrClN4/c1-5-15-9-6(11(13)16-5)3-8(12)10-7(9)4-14-17(10)2/h3-4H,1-2H3. The van der Waals surface area contributed by atoms with Crippen LogP contribution in [0.4, 0.5) is 0 Å². The molecule has 2 aromatic heterocycles. The van der Waals surface area contributed by atoms with Crippen molar-refractivity contribution in [3.05, 3.63) is 27.7 Å². The van der Waals surface area contributed by atoms with Crippen LogP contribution in [0.25, 0.3) is 21.8 Å². The molecule has 0 fully saturated rings. The van der Waals surface area contributed by atoms with Crippen molar-refractivity contribution in [3.8, 4) is 0 Å². The molecule has 0 amide bonds. The second-order valence-corrected chi connectivity index (χ2v) is 5.06. The van der Waals surface area contributed by atoms with Gasteiger partial charge in [0.05, 0.1) is 17.2 Å². The van der Waals surface area contributed by atoms with E-state index in [1.807, 2.05) is 24.7 Å². The van der Waals surface area contributed by atoms with Crippen LogP contribution in [0.5, 0.6) is 0 Å². The van der Waals surface area contributed by atoms with Gasteiger partial charge in [-0.05, 0) is 28.9 Å². The molecule has 1 aromatic carbocycles. The lowest BCUT2D eigenvalue weighted by Gasteiger charge is -2.05. The molecular weight excluding hydrogens is 304 g/mol. The van der Waals surface area contributed by atoms with Gasteiger partial charge in [0, 0.05) is 22.3 Å². The quantitative estimate of drug-likeness (QED) is 0.599. The lowest BCUT2D eigenvalue weighted by molar-refractivity contribution is 0.795. The molecule has 0 radical (unpaired) electrons. The normalized spacial score (nSPS) is 11.5. The summed E-state index contributed by atoms with van der Waals surface area (Å²) in [5, 5.41) is 6.53. The molecule has 0 unspecified atom stereocenters. The highest BCUT2D eigenvalue weighted by Gasteiger charge is 2.13. The maximum absolute atomic E-state index is 6.14. The van der Waals surface area contributed by atoms with Crippen LogP contribution < -0.4 is 0 Å². The SMILES string of the molecule is Cc1nc(Cl)c2cc(Br)c3c(cnn3C)c2n1. The highest BCUT2D eigenvalue weighted by atomic mass is 79.9. The van der Waals surface area contributed by atoms with Crippen LogP contribution in [0.1, 0.15) is 5.82 Å². The fraction of sp³-hybridized carbons (Fsp3) is 0.182. The van der Waals surface area contributed by atoms with E-state index in [1.165, 1.54) is 0 Å². The highest BCUT2D eigenvalue weighted by Crippen LogP contribution is 2.33. The first kappa shape index (κ1) is 10.9. The average molecular weight is 312 g/mol. The van der Waals surface area contributed by atoms with Gasteiger partial charge in [-0.3, -0.25) is 4.68 Å². The Balaban J connectivity index is 2.64. The lowest BCUT2D eigenvalue weighted by atomic mass is 10.2. The molecule has 0 aliphatic carbocycles. The molecule has 0 bridgehead atoms. The number of halogens is 2. The molecule has 3 aromatic rings. The van der Waals surface area contributed by atoms with E-state index in [0.717, 1.165) is 26.3 Å². The highest BCUT2D eigenvalue weighted by molar-refractivity contribution is 9.10. The predicted octanol–water partition coefficient (Wildman–Crippen LogP) is 3.24. The van der Waals surface area contributed by atoms with Crippen molar-refractivity contribution in [2.24, 2.45) is 7.05 Å². The topological polar surface area (TPSA) is 43.6 Å². The summed E-state index contributed by atoms with van der Waals surface area (Å²) in [6.45, 7) is 1.83. The van der Waals surface area contributed by atoms with Gasteiger partial charge in [0.2, 0.25) is 0 Å². The monoisotopic (exact) mass is 310 g/mol. The smallest absolute Gasteiger partial charge is 0.140 e. The molecule has 6 heteroatoms. The molecule has 0 saturated heterocycles. The first-order chi connectivity index (χ1) is 8.08. The van der Waals surface area contributed by atoms with E-state index < -0.39 is 0 Å². The summed E-state index contributed by atoms with van der Waals surface area (Å²) in [5.74, 6) is 0.662. The summed E-state index contributed by atoms with van der Waals surface area (Å²) in [5.41, 5.74) is 1.85. The number of hydrogen-bond acceptors (Lipinski definition) is 3. The number of hydrogen-bond donors (Lipinski definition) is 0. The molecule has 3 rings (SSSR count). The lowest BCUT2D eigenvalue weighted by Crippen LogP contribution is -1.93. The Hall–Kier alpha value is -1.20. The molecule has 86 valence electrons. The van der Waals surface area contributed by atoms with Crippen molar-refractivity contribution >= 4 is 49.3 Å². The zero-order chi connectivity index (χ0) is 12.2. The summed E-state index contributed by atoms with van der Waals surface area (Å²) in [6.07, 6.45) is 1.80. The van der Waals surface area contributed by atoms with E-state index in [1.54, 1.807) is 6.20 Å².